The first-order chi connectivity index (χ1) is 9.27. The van der Waals surface area contributed by atoms with Crippen molar-refractivity contribution >= 4 is 23.6 Å². The van der Waals surface area contributed by atoms with Crippen molar-refractivity contribution in [2.24, 2.45) is 0 Å². The highest BCUT2D eigenvalue weighted by Crippen LogP contribution is 2.07. The van der Waals surface area contributed by atoms with E-state index in [0.717, 1.165) is 18.1 Å². The van der Waals surface area contributed by atoms with Gasteiger partial charge in [-0.1, -0.05) is 0 Å². The number of carbonyl (C=O) groups is 2. The lowest BCUT2D eigenvalue weighted by Crippen LogP contribution is -2.49. The van der Waals surface area contributed by atoms with Gasteiger partial charge < -0.3 is 20.3 Å². The van der Waals surface area contributed by atoms with Crippen LogP contribution in [0.1, 0.15) is 6.42 Å². The van der Waals surface area contributed by atoms with Crippen LogP contribution in [0.4, 0.5) is 0 Å². The van der Waals surface area contributed by atoms with Crippen LogP contribution in [0.3, 0.4) is 0 Å². The zero-order valence-corrected chi connectivity index (χ0v) is 11.8. The largest absolute Gasteiger partial charge is 0.378 e. The van der Waals surface area contributed by atoms with Gasteiger partial charge in [0.25, 0.3) is 0 Å². The minimum Gasteiger partial charge on any atom is -0.378 e. The van der Waals surface area contributed by atoms with E-state index in [0.29, 0.717) is 39.3 Å². The molecule has 2 fully saturated rings. The normalized spacial score (nSPS) is 24.0. The average molecular weight is 287 g/mol. The predicted molar refractivity (Wildman–Crippen MR) is 74.1 cm³/mol. The molecule has 6 nitrogen and oxygen atoms in total. The highest BCUT2D eigenvalue weighted by Gasteiger charge is 2.21. The van der Waals surface area contributed by atoms with Crippen molar-refractivity contribution in [3.05, 3.63) is 0 Å². The molecule has 0 aromatic heterocycles. The van der Waals surface area contributed by atoms with Crippen molar-refractivity contribution < 1.29 is 14.3 Å². The van der Waals surface area contributed by atoms with Gasteiger partial charge in [0.2, 0.25) is 11.8 Å². The fraction of sp³-hybridized carbons (Fsp3) is 0.833. The molecule has 0 radical (unpaired) electrons. The van der Waals surface area contributed by atoms with Gasteiger partial charge in [-0.25, -0.2) is 0 Å². The van der Waals surface area contributed by atoms with E-state index in [9.17, 15) is 9.59 Å². The summed E-state index contributed by atoms with van der Waals surface area (Å²) in [4.78, 5) is 25.5. The van der Waals surface area contributed by atoms with Crippen molar-refractivity contribution in [3.8, 4) is 0 Å². The minimum absolute atomic E-state index is 0.00183. The fourth-order valence-electron chi connectivity index (χ4n) is 2.12. The molecule has 1 atom stereocenters. The van der Waals surface area contributed by atoms with Crippen LogP contribution in [0.15, 0.2) is 0 Å². The molecule has 1 unspecified atom stereocenters. The Bertz CT molecular complexity index is 285. The molecule has 2 saturated heterocycles. The summed E-state index contributed by atoms with van der Waals surface area (Å²) in [6.45, 7) is 3.83. The van der Waals surface area contributed by atoms with Crippen LogP contribution < -0.4 is 10.6 Å². The summed E-state index contributed by atoms with van der Waals surface area (Å²) in [5, 5.41) is 6.00. The monoisotopic (exact) mass is 287 g/mol. The molecule has 0 spiro atoms. The molecule has 0 aromatic rings. The van der Waals surface area contributed by atoms with Gasteiger partial charge in [-0.05, 0) is 0 Å². The van der Waals surface area contributed by atoms with E-state index in [1.807, 2.05) is 0 Å². The number of nitrogens with zero attached hydrogens (tertiary/aromatic N) is 1. The lowest BCUT2D eigenvalue weighted by molar-refractivity contribution is -0.135. The van der Waals surface area contributed by atoms with Crippen LogP contribution in [0.25, 0.3) is 0 Å². The van der Waals surface area contributed by atoms with E-state index in [2.05, 4.69) is 10.6 Å². The third kappa shape index (κ3) is 4.67. The molecule has 0 aliphatic carbocycles. The quantitative estimate of drug-likeness (QED) is 0.698. The molecule has 19 heavy (non-hydrogen) atoms. The van der Waals surface area contributed by atoms with Gasteiger partial charge >= 0.3 is 0 Å². The Balaban J connectivity index is 1.62. The molecular formula is C12H21N3O3S. The number of thioether (sulfide) groups is 1. The smallest absolute Gasteiger partial charge is 0.238 e. The first kappa shape index (κ1) is 14.6. The summed E-state index contributed by atoms with van der Waals surface area (Å²) in [5.41, 5.74) is 0. The SMILES string of the molecule is O=C(NCCC(=O)N1CCOCC1)C1CSCCN1. The van der Waals surface area contributed by atoms with Gasteiger partial charge in [0, 0.05) is 44.1 Å². The summed E-state index contributed by atoms with van der Waals surface area (Å²) in [6.07, 6.45) is 0.367. The number of hydrogen-bond acceptors (Lipinski definition) is 5. The van der Waals surface area contributed by atoms with Gasteiger partial charge in [0.1, 0.15) is 0 Å². The van der Waals surface area contributed by atoms with Crippen LogP contribution in [-0.4, -0.2) is 73.7 Å². The van der Waals surface area contributed by atoms with Crippen LogP contribution in [0.5, 0.6) is 0 Å². The van der Waals surface area contributed by atoms with Gasteiger partial charge in [0.15, 0.2) is 0 Å². The first-order valence-corrected chi connectivity index (χ1v) is 7.87. The Labute approximate surface area is 117 Å². The van der Waals surface area contributed by atoms with Crippen molar-refractivity contribution in [3.63, 3.8) is 0 Å². The van der Waals surface area contributed by atoms with E-state index in [4.69, 9.17) is 4.74 Å². The third-order valence-electron chi connectivity index (χ3n) is 3.24. The molecule has 2 amide bonds. The van der Waals surface area contributed by atoms with Crippen LogP contribution in [-0.2, 0) is 14.3 Å². The predicted octanol–water partition coefficient (Wildman–Crippen LogP) is -0.943. The average Bonchev–Trinajstić information content (AvgIpc) is 2.49. The lowest BCUT2D eigenvalue weighted by Gasteiger charge is -2.27. The van der Waals surface area contributed by atoms with Crippen molar-refractivity contribution in [1.82, 2.24) is 15.5 Å². The maximum Gasteiger partial charge on any atom is 0.238 e. The molecular weight excluding hydrogens is 266 g/mol. The van der Waals surface area contributed by atoms with Crippen molar-refractivity contribution in [2.75, 3.05) is 50.9 Å². The van der Waals surface area contributed by atoms with Crippen molar-refractivity contribution in [1.29, 1.82) is 0 Å². The van der Waals surface area contributed by atoms with Crippen molar-refractivity contribution in [2.45, 2.75) is 12.5 Å². The minimum atomic E-state index is -0.114. The Morgan fingerprint density at radius 3 is 2.84 bits per heavy atom. The molecule has 2 aliphatic heterocycles. The highest BCUT2D eigenvalue weighted by molar-refractivity contribution is 7.99. The second kappa shape index (κ2) is 7.72. The van der Waals surface area contributed by atoms with Crippen LogP contribution in [0, 0.1) is 0 Å². The molecule has 2 aliphatic rings. The number of ether oxygens (including phenoxy) is 1. The first-order valence-electron chi connectivity index (χ1n) is 6.72. The molecule has 0 saturated carbocycles. The van der Waals surface area contributed by atoms with Gasteiger partial charge in [-0.2, -0.15) is 11.8 Å². The van der Waals surface area contributed by atoms with E-state index in [-0.39, 0.29) is 17.9 Å². The molecule has 7 heteroatoms. The molecule has 2 N–H and O–H groups in total. The summed E-state index contributed by atoms with van der Waals surface area (Å²) in [5.74, 6) is 1.96. The molecule has 108 valence electrons. The topological polar surface area (TPSA) is 70.7 Å². The van der Waals surface area contributed by atoms with Gasteiger partial charge in [0.05, 0.1) is 19.3 Å². The maximum atomic E-state index is 11.9. The Morgan fingerprint density at radius 1 is 1.37 bits per heavy atom. The molecule has 0 bridgehead atoms. The van der Waals surface area contributed by atoms with E-state index in [1.54, 1.807) is 16.7 Å². The number of morpholine rings is 1. The second-order valence-corrected chi connectivity index (χ2v) is 5.77. The molecule has 2 rings (SSSR count). The zero-order chi connectivity index (χ0) is 13.5. The maximum absolute atomic E-state index is 11.9. The Hall–Kier alpha value is -0.790. The Morgan fingerprint density at radius 2 is 2.16 bits per heavy atom. The fourth-order valence-corrected chi connectivity index (χ4v) is 3.05. The van der Waals surface area contributed by atoms with Gasteiger partial charge in [-0.15, -0.1) is 0 Å². The number of hydrogen-bond donors (Lipinski definition) is 2. The number of nitrogens with one attached hydrogen (secondary N) is 2. The summed E-state index contributed by atoms with van der Waals surface area (Å²) in [7, 11) is 0. The molecule has 2 heterocycles. The van der Waals surface area contributed by atoms with Crippen LogP contribution in [0.2, 0.25) is 0 Å². The van der Waals surface area contributed by atoms with Crippen LogP contribution >= 0.6 is 11.8 Å². The number of amides is 2. The van der Waals surface area contributed by atoms with E-state index in [1.165, 1.54) is 0 Å². The standard InChI is InChI=1S/C12H21N3O3S/c16-11(15-4-6-18-7-5-15)1-2-14-12(17)10-9-19-8-3-13-10/h10,13H,1-9H2,(H,14,17). The van der Waals surface area contributed by atoms with Gasteiger partial charge in [-0.3, -0.25) is 9.59 Å². The third-order valence-corrected chi connectivity index (χ3v) is 4.30. The summed E-state index contributed by atoms with van der Waals surface area (Å²) >= 11 is 1.78. The van der Waals surface area contributed by atoms with E-state index < -0.39 is 0 Å². The Kier molecular flexibility index (Phi) is 5.93. The highest BCUT2D eigenvalue weighted by atomic mass is 32.2. The molecule has 0 aromatic carbocycles. The number of carbonyl (C=O) groups excluding carboxylic acids is 2. The summed E-state index contributed by atoms with van der Waals surface area (Å²) < 4.78 is 5.20. The van der Waals surface area contributed by atoms with E-state index >= 15 is 0 Å². The zero-order valence-electron chi connectivity index (χ0n) is 11.0. The summed E-state index contributed by atoms with van der Waals surface area (Å²) in [6, 6.07) is -0.114. The lowest BCUT2D eigenvalue weighted by atomic mass is 10.3. The number of rotatable bonds is 4. The second-order valence-electron chi connectivity index (χ2n) is 4.62.